The second kappa shape index (κ2) is 11.5. The first kappa shape index (κ1) is 24.2. The van der Waals surface area contributed by atoms with Gasteiger partial charge < -0.3 is 18.8 Å². The Morgan fingerprint density at radius 1 is 0.722 bits per heavy atom. The summed E-state index contributed by atoms with van der Waals surface area (Å²) in [5.41, 5.74) is 3.54. The van der Waals surface area contributed by atoms with Crippen molar-refractivity contribution in [2.24, 2.45) is 0 Å². The van der Waals surface area contributed by atoms with Crippen LogP contribution in [0.4, 0.5) is 0 Å². The molecule has 36 heavy (non-hydrogen) atoms. The molecular weight excluding hydrogens is 452 g/mol. The number of para-hydroxylation sites is 3. The molecule has 5 rings (SSSR count). The molecule has 1 aliphatic heterocycles. The molecule has 7 nitrogen and oxygen atoms in total. The molecule has 7 heteroatoms. The van der Waals surface area contributed by atoms with Gasteiger partial charge >= 0.3 is 0 Å². The Morgan fingerprint density at radius 3 is 2.11 bits per heavy atom. The number of aromatic nitrogens is 2. The van der Waals surface area contributed by atoms with Gasteiger partial charge in [-0.15, -0.1) is 0 Å². The molecule has 3 aromatic carbocycles. The molecule has 0 N–H and O–H groups in total. The van der Waals surface area contributed by atoms with Crippen molar-refractivity contribution in [2.45, 2.75) is 13.1 Å². The number of methoxy groups -OCH3 is 2. The molecule has 1 fully saturated rings. The minimum Gasteiger partial charge on any atom is -0.493 e. The first-order valence-electron chi connectivity index (χ1n) is 12.5. The summed E-state index contributed by atoms with van der Waals surface area (Å²) < 4.78 is 19.3. The molecule has 0 saturated carbocycles. The number of benzene rings is 3. The summed E-state index contributed by atoms with van der Waals surface area (Å²) in [6.45, 7) is 7.16. The fraction of sp³-hybridized carbons (Fsp3) is 0.345. The number of nitrogens with zero attached hydrogens (tertiary/aromatic N) is 4. The zero-order chi connectivity index (χ0) is 24.7. The van der Waals surface area contributed by atoms with Crippen molar-refractivity contribution >= 4 is 11.0 Å². The van der Waals surface area contributed by atoms with Crippen LogP contribution in [-0.2, 0) is 13.1 Å². The summed E-state index contributed by atoms with van der Waals surface area (Å²) in [6.07, 6.45) is 0. The van der Waals surface area contributed by atoms with Crippen LogP contribution in [0.3, 0.4) is 0 Å². The number of rotatable bonds is 10. The first-order chi connectivity index (χ1) is 17.7. The van der Waals surface area contributed by atoms with Crippen molar-refractivity contribution < 1.29 is 14.2 Å². The number of piperazine rings is 1. The van der Waals surface area contributed by atoms with Gasteiger partial charge in [0.05, 0.1) is 31.8 Å². The lowest BCUT2D eigenvalue weighted by atomic mass is 10.2. The van der Waals surface area contributed by atoms with Crippen molar-refractivity contribution in [3.8, 4) is 17.2 Å². The molecule has 0 unspecified atom stereocenters. The predicted molar refractivity (Wildman–Crippen MR) is 142 cm³/mol. The predicted octanol–water partition coefficient (Wildman–Crippen LogP) is 4.30. The maximum absolute atomic E-state index is 6.06. The molecule has 0 amide bonds. The zero-order valence-electron chi connectivity index (χ0n) is 21.1. The highest BCUT2D eigenvalue weighted by Crippen LogP contribution is 2.36. The van der Waals surface area contributed by atoms with Gasteiger partial charge in [-0.05, 0) is 29.8 Å². The van der Waals surface area contributed by atoms with Crippen molar-refractivity contribution in [1.29, 1.82) is 0 Å². The van der Waals surface area contributed by atoms with Gasteiger partial charge in [0.1, 0.15) is 12.4 Å². The smallest absolute Gasteiger partial charge is 0.203 e. The molecule has 0 radical (unpaired) electrons. The summed E-state index contributed by atoms with van der Waals surface area (Å²) in [7, 11) is 3.30. The zero-order valence-corrected chi connectivity index (χ0v) is 21.1. The number of fused-ring (bicyclic) bond motifs is 1. The Balaban J connectivity index is 1.18. The van der Waals surface area contributed by atoms with Crippen molar-refractivity contribution in [3.63, 3.8) is 0 Å². The molecule has 0 bridgehead atoms. The summed E-state index contributed by atoms with van der Waals surface area (Å²) in [6, 6.07) is 24.7. The van der Waals surface area contributed by atoms with Gasteiger partial charge in [-0.25, -0.2) is 4.98 Å². The van der Waals surface area contributed by atoms with Gasteiger partial charge in [0.25, 0.3) is 0 Å². The van der Waals surface area contributed by atoms with Crippen molar-refractivity contribution in [3.05, 3.63) is 84.2 Å². The third-order valence-electron chi connectivity index (χ3n) is 6.78. The average molecular weight is 487 g/mol. The van der Waals surface area contributed by atoms with Gasteiger partial charge in [-0.2, -0.15) is 0 Å². The Kier molecular flexibility index (Phi) is 7.69. The molecular formula is C29H34N4O3. The van der Waals surface area contributed by atoms with Crippen LogP contribution in [0.2, 0.25) is 0 Å². The van der Waals surface area contributed by atoms with Crippen LogP contribution < -0.4 is 14.2 Å². The van der Waals surface area contributed by atoms with E-state index in [0.717, 1.165) is 57.2 Å². The molecule has 1 aliphatic rings. The quantitative estimate of drug-likeness (QED) is 0.333. The Hall–Kier alpha value is -3.55. The molecule has 4 aromatic rings. The van der Waals surface area contributed by atoms with Crippen LogP contribution in [0.25, 0.3) is 11.0 Å². The Bertz CT molecular complexity index is 1240. The Labute approximate surface area is 212 Å². The largest absolute Gasteiger partial charge is 0.493 e. The minimum atomic E-state index is 0.587. The number of hydrogen-bond acceptors (Lipinski definition) is 6. The van der Waals surface area contributed by atoms with E-state index in [4.69, 9.17) is 19.2 Å². The topological polar surface area (TPSA) is 52.0 Å². The fourth-order valence-electron chi connectivity index (χ4n) is 4.80. The van der Waals surface area contributed by atoms with E-state index in [1.54, 1.807) is 14.2 Å². The van der Waals surface area contributed by atoms with Crippen LogP contribution in [0.15, 0.2) is 72.8 Å². The third kappa shape index (κ3) is 5.48. The lowest BCUT2D eigenvalue weighted by Gasteiger charge is -2.34. The maximum atomic E-state index is 6.06. The van der Waals surface area contributed by atoms with Crippen LogP contribution in [0, 0.1) is 0 Å². The molecule has 1 aromatic heterocycles. The Morgan fingerprint density at radius 2 is 1.39 bits per heavy atom. The van der Waals surface area contributed by atoms with E-state index >= 15 is 0 Å². The summed E-state index contributed by atoms with van der Waals surface area (Å²) >= 11 is 0. The van der Waals surface area contributed by atoms with Gasteiger partial charge in [0, 0.05) is 39.3 Å². The fourth-order valence-corrected chi connectivity index (χ4v) is 4.80. The van der Waals surface area contributed by atoms with Crippen LogP contribution in [0.1, 0.15) is 11.4 Å². The molecule has 0 atom stereocenters. The molecule has 0 aliphatic carbocycles. The van der Waals surface area contributed by atoms with E-state index < -0.39 is 0 Å². The van der Waals surface area contributed by atoms with Gasteiger partial charge in [0.2, 0.25) is 5.75 Å². The van der Waals surface area contributed by atoms with Crippen LogP contribution in [0.5, 0.6) is 17.2 Å². The lowest BCUT2D eigenvalue weighted by Crippen LogP contribution is -2.47. The van der Waals surface area contributed by atoms with Crippen molar-refractivity contribution in [2.75, 3.05) is 53.6 Å². The highest BCUT2D eigenvalue weighted by molar-refractivity contribution is 5.76. The van der Waals surface area contributed by atoms with E-state index in [1.165, 1.54) is 11.1 Å². The molecule has 2 heterocycles. The van der Waals surface area contributed by atoms with E-state index in [9.17, 15) is 0 Å². The van der Waals surface area contributed by atoms with Gasteiger partial charge in [0.15, 0.2) is 11.5 Å². The third-order valence-corrected chi connectivity index (χ3v) is 6.78. The van der Waals surface area contributed by atoms with E-state index in [2.05, 4.69) is 69.0 Å². The molecule has 188 valence electrons. The number of imidazole rings is 1. The van der Waals surface area contributed by atoms with Crippen LogP contribution in [-0.4, -0.2) is 72.9 Å². The highest BCUT2D eigenvalue weighted by atomic mass is 16.5. The first-order valence-corrected chi connectivity index (χ1v) is 12.5. The summed E-state index contributed by atoms with van der Waals surface area (Å²) in [5.74, 6) is 3.17. The van der Waals surface area contributed by atoms with Crippen LogP contribution >= 0.6 is 0 Å². The normalized spacial score (nSPS) is 14.7. The standard InChI is InChI=1S/C29H34N4O3/c1-34-26-13-8-14-27(35-2)29(26)36-20-19-31-15-17-32(18-16-31)22-28-30-24-11-6-7-12-25(24)33(28)21-23-9-4-3-5-10-23/h3-14H,15-22H2,1-2H3. The summed E-state index contributed by atoms with van der Waals surface area (Å²) in [5, 5.41) is 0. The van der Waals surface area contributed by atoms with E-state index in [1.807, 2.05) is 18.2 Å². The summed E-state index contributed by atoms with van der Waals surface area (Å²) in [4.78, 5) is 9.95. The van der Waals surface area contributed by atoms with E-state index in [-0.39, 0.29) is 0 Å². The lowest BCUT2D eigenvalue weighted by molar-refractivity contribution is 0.109. The maximum Gasteiger partial charge on any atom is 0.203 e. The SMILES string of the molecule is COc1cccc(OC)c1OCCN1CCN(Cc2nc3ccccc3n2Cc2ccccc2)CC1. The second-order valence-corrected chi connectivity index (χ2v) is 9.05. The molecule has 0 spiro atoms. The average Bonchev–Trinajstić information content (AvgIpc) is 3.26. The monoisotopic (exact) mass is 486 g/mol. The number of ether oxygens (including phenoxy) is 3. The number of hydrogen-bond donors (Lipinski definition) is 0. The van der Waals surface area contributed by atoms with Gasteiger partial charge in [-0.3, -0.25) is 9.80 Å². The second-order valence-electron chi connectivity index (χ2n) is 9.05. The van der Waals surface area contributed by atoms with Gasteiger partial charge in [-0.1, -0.05) is 48.5 Å². The van der Waals surface area contributed by atoms with E-state index in [0.29, 0.717) is 23.9 Å². The highest BCUT2D eigenvalue weighted by Gasteiger charge is 2.20. The minimum absolute atomic E-state index is 0.587. The van der Waals surface area contributed by atoms with Crippen molar-refractivity contribution in [1.82, 2.24) is 19.4 Å². The molecule has 1 saturated heterocycles.